The highest BCUT2D eigenvalue weighted by atomic mass is 16.5. The van der Waals surface area contributed by atoms with E-state index < -0.39 is 0 Å². The van der Waals surface area contributed by atoms with Gasteiger partial charge in [-0.05, 0) is 31.6 Å². The van der Waals surface area contributed by atoms with E-state index in [-0.39, 0.29) is 11.9 Å². The first-order chi connectivity index (χ1) is 6.76. The number of ether oxygens (including phenoxy) is 2. The zero-order chi connectivity index (χ0) is 9.76. The lowest BCUT2D eigenvalue weighted by molar-refractivity contribution is -0.148. The third-order valence-corrected chi connectivity index (χ3v) is 4.04. The van der Waals surface area contributed by atoms with Crippen LogP contribution in [0.25, 0.3) is 0 Å². The fourth-order valence-electron chi connectivity index (χ4n) is 3.30. The van der Waals surface area contributed by atoms with Crippen LogP contribution in [0.5, 0.6) is 0 Å². The van der Waals surface area contributed by atoms with Gasteiger partial charge in [0.2, 0.25) is 0 Å². The summed E-state index contributed by atoms with van der Waals surface area (Å²) in [4.78, 5) is 11.5. The minimum atomic E-state index is 0.0394. The van der Waals surface area contributed by atoms with Gasteiger partial charge in [-0.3, -0.25) is 4.79 Å². The van der Waals surface area contributed by atoms with Crippen LogP contribution >= 0.6 is 0 Å². The highest BCUT2D eigenvalue weighted by molar-refractivity contribution is 5.77. The van der Waals surface area contributed by atoms with Crippen molar-refractivity contribution in [1.29, 1.82) is 0 Å². The molecular formula is C11H16O3. The second-order valence-corrected chi connectivity index (χ2v) is 5.01. The molecule has 0 aromatic rings. The van der Waals surface area contributed by atoms with Crippen LogP contribution in [0.4, 0.5) is 0 Å². The second kappa shape index (κ2) is 2.72. The Morgan fingerprint density at radius 3 is 2.50 bits per heavy atom. The summed E-state index contributed by atoms with van der Waals surface area (Å²) in [5.74, 6) is 1.52. The molecule has 0 amide bonds. The Hall–Kier alpha value is -0.570. The fourth-order valence-corrected chi connectivity index (χ4v) is 3.30. The van der Waals surface area contributed by atoms with Gasteiger partial charge in [0.15, 0.2) is 0 Å². The first-order valence-electron chi connectivity index (χ1n) is 5.50. The third-order valence-electron chi connectivity index (χ3n) is 4.04. The van der Waals surface area contributed by atoms with Gasteiger partial charge in [-0.2, -0.15) is 0 Å². The summed E-state index contributed by atoms with van der Waals surface area (Å²) in [6, 6.07) is 0. The molecule has 1 heterocycles. The predicted molar refractivity (Wildman–Crippen MR) is 49.6 cm³/mol. The van der Waals surface area contributed by atoms with Crippen molar-refractivity contribution in [3.63, 3.8) is 0 Å². The van der Waals surface area contributed by atoms with Gasteiger partial charge in [-0.15, -0.1) is 0 Å². The van der Waals surface area contributed by atoms with Crippen LogP contribution in [0, 0.1) is 23.2 Å². The molecule has 0 radical (unpaired) electrons. The third kappa shape index (κ3) is 1.05. The summed E-state index contributed by atoms with van der Waals surface area (Å²) in [5.41, 5.74) is 0.471. The number of carbonyl (C=O) groups is 1. The van der Waals surface area contributed by atoms with Crippen LogP contribution in [0.1, 0.15) is 19.8 Å². The molecule has 2 atom stereocenters. The Kier molecular flexibility index (Phi) is 1.69. The molecule has 0 N–H and O–H groups in total. The van der Waals surface area contributed by atoms with E-state index in [9.17, 15) is 4.79 Å². The lowest BCUT2D eigenvalue weighted by Gasteiger charge is -2.39. The van der Waals surface area contributed by atoms with Crippen molar-refractivity contribution in [2.45, 2.75) is 19.8 Å². The normalized spacial score (nSPS) is 41.6. The van der Waals surface area contributed by atoms with E-state index in [0.29, 0.717) is 23.9 Å². The first-order valence-corrected chi connectivity index (χ1v) is 5.50. The molecule has 0 bridgehead atoms. The number of rotatable bonds is 2. The standard InChI is InChI=1S/C11H16O3/c1-2-14-10(12)9-7-3-11(4-8(7)9)5-13-6-11/h7-9H,2-6H2,1H3/t7-,8-/m1/s1. The molecule has 0 aromatic heterocycles. The Balaban J connectivity index is 1.58. The smallest absolute Gasteiger partial charge is 0.309 e. The maximum absolute atomic E-state index is 11.5. The molecule has 2 aliphatic carbocycles. The summed E-state index contributed by atoms with van der Waals surface area (Å²) in [7, 11) is 0. The van der Waals surface area contributed by atoms with Gasteiger partial charge in [0.1, 0.15) is 0 Å². The van der Waals surface area contributed by atoms with E-state index in [0.717, 1.165) is 13.2 Å². The number of esters is 1. The lowest BCUT2D eigenvalue weighted by atomic mass is 9.80. The molecule has 14 heavy (non-hydrogen) atoms. The topological polar surface area (TPSA) is 35.5 Å². The molecule has 3 rings (SSSR count). The number of carbonyl (C=O) groups excluding carboxylic acids is 1. The number of hydrogen-bond acceptors (Lipinski definition) is 3. The molecule has 1 spiro atoms. The van der Waals surface area contributed by atoms with Crippen LogP contribution in [0.2, 0.25) is 0 Å². The van der Waals surface area contributed by atoms with Gasteiger partial charge in [-0.25, -0.2) is 0 Å². The van der Waals surface area contributed by atoms with Crippen LogP contribution in [-0.4, -0.2) is 25.8 Å². The predicted octanol–water partition coefficient (Wildman–Crippen LogP) is 1.22. The Morgan fingerprint density at radius 1 is 1.43 bits per heavy atom. The van der Waals surface area contributed by atoms with Crippen LogP contribution < -0.4 is 0 Å². The molecule has 0 aromatic carbocycles. The van der Waals surface area contributed by atoms with Crippen molar-refractivity contribution in [2.75, 3.05) is 19.8 Å². The molecule has 3 heteroatoms. The molecule has 3 fully saturated rings. The van der Waals surface area contributed by atoms with Crippen molar-refractivity contribution >= 4 is 5.97 Å². The molecule has 3 nitrogen and oxygen atoms in total. The number of fused-ring (bicyclic) bond motifs is 1. The van der Waals surface area contributed by atoms with Crippen molar-refractivity contribution in [2.24, 2.45) is 23.2 Å². The van der Waals surface area contributed by atoms with Gasteiger partial charge in [-0.1, -0.05) is 0 Å². The Bertz CT molecular complexity index is 256. The average molecular weight is 196 g/mol. The van der Waals surface area contributed by atoms with Crippen LogP contribution in [-0.2, 0) is 14.3 Å². The van der Waals surface area contributed by atoms with Crippen molar-refractivity contribution in [3.8, 4) is 0 Å². The Morgan fingerprint density at radius 2 is 2.07 bits per heavy atom. The zero-order valence-corrected chi connectivity index (χ0v) is 8.49. The van der Waals surface area contributed by atoms with Crippen LogP contribution in [0.3, 0.4) is 0 Å². The Labute approximate surface area is 83.8 Å². The minimum Gasteiger partial charge on any atom is -0.466 e. The summed E-state index contributed by atoms with van der Waals surface area (Å²) in [6.07, 6.45) is 2.39. The molecule has 1 saturated heterocycles. The fraction of sp³-hybridized carbons (Fsp3) is 0.909. The van der Waals surface area contributed by atoms with Crippen molar-refractivity contribution in [1.82, 2.24) is 0 Å². The zero-order valence-electron chi connectivity index (χ0n) is 8.49. The quantitative estimate of drug-likeness (QED) is 0.623. The average Bonchev–Trinajstić information content (AvgIpc) is 2.60. The van der Waals surface area contributed by atoms with E-state index >= 15 is 0 Å². The highest BCUT2D eigenvalue weighted by Gasteiger charge is 2.66. The summed E-state index contributed by atoms with van der Waals surface area (Å²) < 4.78 is 10.3. The maximum Gasteiger partial charge on any atom is 0.309 e. The highest BCUT2D eigenvalue weighted by Crippen LogP contribution is 2.66. The minimum absolute atomic E-state index is 0.0394. The van der Waals surface area contributed by atoms with E-state index in [1.165, 1.54) is 12.8 Å². The molecule has 78 valence electrons. The first kappa shape index (κ1) is 8.72. The molecule has 2 saturated carbocycles. The van der Waals surface area contributed by atoms with Gasteiger partial charge in [0.25, 0.3) is 0 Å². The van der Waals surface area contributed by atoms with Gasteiger partial charge in [0, 0.05) is 5.41 Å². The summed E-state index contributed by atoms with van der Waals surface area (Å²) >= 11 is 0. The van der Waals surface area contributed by atoms with Crippen LogP contribution in [0.15, 0.2) is 0 Å². The van der Waals surface area contributed by atoms with E-state index in [4.69, 9.17) is 9.47 Å². The van der Waals surface area contributed by atoms with E-state index in [1.54, 1.807) is 0 Å². The maximum atomic E-state index is 11.5. The molecule has 3 aliphatic rings. The van der Waals surface area contributed by atoms with Gasteiger partial charge < -0.3 is 9.47 Å². The second-order valence-electron chi connectivity index (χ2n) is 5.01. The largest absolute Gasteiger partial charge is 0.466 e. The summed E-state index contributed by atoms with van der Waals surface area (Å²) in [6.45, 7) is 4.24. The molecule has 1 aliphatic heterocycles. The van der Waals surface area contributed by atoms with E-state index in [1.807, 2.05) is 6.92 Å². The van der Waals surface area contributed by atoms with Gasteiger partial charge >= 0.3 is 5.97 Å². The van der Waals surface area contributed by atoms with E-state index in [2.05, 4.69) is 0 Å². The lowest BCUT2D eigenvalue weighted by Crippen LogP contribution is -2.41. The number of hydrogen-bond donors (Lipinski definition) is 0. The van der Waals surface area contributed by atoms with Crippen molar-refractivity contribution in [3.05, 3.63) is 0 Å². The SMILES string of the molecule is CCOC(=O)C1[C@@H]2CC3(COC3)C[C@@H]12. The summed E-state index contributed by atoms with van der Waals surface area (Å²) in [5, 5.41) is 0. The van der Waals surface area contributed by atoms with Crippen molar-refractivity contribution < 1.29 is 14.3 Å². The molecule has 0 unspecified atom stereocenters. The van der Waals surface area contributed by atoms with Gasteiger partial charge in [0.05, 0.1) is 25.7 Å². The monoisotopic (exact) mass is 196 g/mol. The molecular weight excluding hydrogens is 180 g/mol.